The summed E-state index contributed by atoms with van der Waals surface area (Å²) in [5.41, 5.74) is 0.876. The second-order valence-corrected chi connectivity index (χ2v) is 7.06. The number of carboxylic acid groups (broad SMARTS) is 1. The fourth-order valence-electron chi connectivity index (χ4n) is 3.72. The van der Waals surface area contributed by atoms with E-state index in [1.54, 1.807) is 30.3 Å². The summed E-state index contributed by atoms with van der Waals surface area (Å²) >= 11 is 0. The first-order valence-corrected chi connectivity index (χ1v) is 9.42. The molecule has 0 saturated heterocycles. The van der Waals surface area contributed by atoms with E-state index >= 15 is 0 Å². The van der Waals surface area contributed by atoms with Crippen LogP contribution >= 0.6 is 0 Å². The molecule has 0 spiro atoms. The Morgan fingerprint density at radius 1 is 0.969 bits per heavy atom. The predicted octanol–water partition coefficient (Wildman–Crippen LogP) is 4.06. The van der Waals surface area contributed by atoms with Gasteiger partial charge in [0.05, 0.1) is 11.0 Å². The van der Waals surface area contributed by atoms with Crippen LogP contribution in [0.4, 0.5) is 11.4 Å². The Hall–Kier alpha value is -4.66. The maximum atomic E-state index is 13.1. The number of carboxylic acids is 1. The van der Waals surface area contributed by atoms with Gasteiger partial charge in [0.2, 0.25) is 0 Å². The van der Waals surface area contributed by atoms with Gasteiger partial charge >= 0.3 is 5.97 Å². The molecule has 3 aromatic rings. The van der Waals surface area contributed by atoms with Crippen molar-refractivity contribution in [1.29, 1.82) is 0 Å². The van der Waals surface area contributed by atoms with Gasteiger partial charge < -0.3 is 15.3 Å². The average Bonchev–Trinajstić information content (AvgIpc) is 3.05. The highest BCUT2D eigenvalue weighted by atomic mass is 16.6. The third kappa shape index (κ3) is 3.41. The van der Waals surface area contributed by atoms with Gasteiger partial charge in [-0.1, -0.05) is 30.3 Å². The van der Waals surface area contributed by atoms with Crippen LogP contribution in [0.3, 0.4) is 0 Å². The lowest BCUT2D eigenvalue weighted by Gasteiger charge is -2.27. The van der Waals surface area contributed by atoms with E-state index in [1.807, 2.05) is 0 Å². The molecule has 3 N–H and O–H groups in total. The van der Waals surface area contributed by atoms with Crippen LogP contribution in [0.5, 0.6) is 5.75 Å². The number of rotatable bonds is 5. The molecule has 1 aliphatic rings. The number of nitro benzene ring substituents is 1. The summed E-state index contributed by atoms with van der Waals surface area (Å²) in [5.74, 6) is -3.15. The summed E-state index contributed by atoms with van der Waals surface area (Å²) in [7, 11) is 0. The molecular formula is C23H16N2O7. The maximum Gasteiger partial charge on any atom is 0.339 e. The van der Waals surface area contributed by atoms with E-state index in [9.17, 15) is 35.0 Å². The van der Waals surface area contributed by atoms with Crippen LogP contribution in [-0.2, 0) is 4.79 Å². The molecular weight excluding hydrogens is 416 g/mol. The molecule has 0 radical (unpaired) electrons. The van der Waals surface area contributed by atoms with Crippen molar-refractivity contribution in [3.63, 3.8) is 0 Å². The van der Waals surface area contributed by atoms with Crippen LogP contribution in [0.1, 0.15) is 27.5 Å². The summed E-state index contributed by atoms with van der Waals surface area (Å²) in [5, 5.41) is 41.0. The van der Waals surface area contributed by atoms with E-state index in [2.05, 4.69) is 0 Å². The van der Waals surface area contributed by atoms with Gasteiger partial charge in [-0.3, -0.25) is 19.8 Å². The normalized spacial score (nSPS) is 15.8. The number of anilines is 1. The number of amides is 1. The Bertz CT molecular complexity index is 1270. The number of aliphatic hydroxyl groups is 1. The van der Waals surface area contributed by atoms with Crippen molar-refractivity contribution in [3.05, 3.63) is 105 Å². The lowest BCUT2D eigenvalue weighted by atomic mass is 9.93. The molecule has 1 aliphatic heterocycles. The van der Waals surface area contributed by atoms with Crippen LogP contribution < -0.4 is 4.90 Å². The molecule has 1 amide bonds. The highest BCUT2D eigenvalue weighted by Crippen LogP contribution is 2.46. The fourth-order valence-corrected chi connectivity index (χ4v) is 3.72. The van der Waals surface area contributed by atoms with Gasteiger partial charge in [-0.05, 0) is 41.5 Å². The molecule has 0 bridgehead atoms. The van der Waals surface area contributed by atoms with E-state index in [0.717, 1.165) is 12.1 Å². The van der Waals surface area contributed by atoms with Gasteiger partial charge in [0, 0.05) is 23.4 Å². The number of non-ortho nitro benzene ring substituents is 1. The topological polar surface area (TPSA) is 141 Å². The van der Waals surface area contributed by atoms with Crippen molar-refractivity contribution in [3.8, 4) is 5.75 Å². The van der Waals surface area contributed by atoms with Gasteiger partial charge in [0.25, 0.3) is 11.6 Å². The molecule has 9 heteroatoms. The number of carbonyl (C=O) groups excluding carboxylic acids is 1. The zero-order valence-electron chi connectivity index (χ0n) is 16.4. The van der Waals surface area contributed by atoms with E-state index in [-0.39, 0.29) is 16.9 Å². The predicted molar refractivity (Wildman–Crippen MR) is 114 cm³/mol. The number of nitro groups is 1. The first kappa shape index (κ1) is 20.6. The maximum absolute atomic E-state index is 13.1. The van der Waals surface area contributed by atoms with Crippen molar-refractivity contribution in [2.75, 3.05) is 4.90 Å². The smallest absolute Gasteiger partial charge is 0.339 e. The Labute approximate surface area is 181 Å². The molecule has 160 valence electrons. The van der Waals surface area contributed by atoms with Gasteiger partial charge in [-0.25, -0.2) is 4.79 Å². The quantitative estimate of drug-likeness (QED) is 0.408. The minimum Gasteiger partial charge on any atom is -0.507 e. The fraction of sp³-hybridized carbons (Fsp3) is 0.0435. The van der Waals surface area contributed by atoms with E-state index in [0.29, 0.717) is 11.1 Å². The highest BCUT2D eigenvalue weighted by Gasteiger charge is 2.42. The number of phenols is 1. The summed E-state index contributed by atoms with van der Waals surface area (Å²) < 4.78 is 0. The van der Waals surface area contributed by atoms with Gasteiger partial charge in [-0.15, -0.1) is 0 Å². The van der Waals surface area contributed by atoms with Crippen LogP contribution in [0, 0.1) is 10.1 Å². The zero-order valence-corrected chi connectivity index (χ0v) is 16.4. The minimum absolute atomic E-state index is 0.131. The standard InChI is InChI=1S/C23H16N2O7/c26-18-11-10-16(12-17(18)23(29)30)24-20(14-6-8-15(9-7-14)25(31)32)19(21(27)22(24)28)13-4-2-1-3-5-13/h1-12,20,26-27H,(H,29,30). The Kier molecular flexibility index (Phi) is 5.07. The second kappa shape index (κ2) is 7.88. The molecule has 9 nitrogen and oxygen atoms in total. The molecule has 1 unspecified atom stereocenters. The lowest BCUT2D eigenvalue weighted by molar-refractivity contribution is -0.384. The summed E-state index contributed by atoms with van der Waals surface area (Å²) in [6, 6.07) is 16.9. The average molecular weight is 432 g/mol. The summed E-state index contributed by atoms with van der Waals surface area (Å²) in [4.78, 5) is 36.3. The summed E-state index contributed by atoms with van der Waals surface area (Å²) in [6.45, 7) is 0. The third-order valence-electron chi connectivity index (χ3n) is 5.20. The molecule has 0 saturated carbocycles. The number of benzene rings is 3. The molecule has 1 heterocycles. The second-order valence-electron chi connectivity index (χ2n) is 7.06. The zero-order chi connectivity index (χ0) is 23.0. The van der Waals surface area contributed by atoms with Crippen molar-refractivity contribution >= 4 is 28.8 Å². The van der Waals surface area contributed by atoms with Crippen LogP contribution in [0.2, 0.25) is 0 Å². The molecule has 1 atom stereocenters. The van der Waals surface area contributed by atoms with E-state index in [4.69, 9.17) is 0 Å². The van der Waals surface area contributed by atoms with Crippen LogP contribution in [-0.4, -0.2) is 32.1 Å². The Balaban J connectivity index is 1.91. The number of hydrogen-bond donors (Lipinski definition) is 3. The number of nitrogens with zero attached hydrogens (tertiary/aromatic N) is 2. The van der Waals surface area contributed by atoms with Gasteiger partial charge in [0.1, 0.15) is 11.3 Å². The Morgan fingerprint density at radius 2 is 1.62 bits per heavy atom. The first-order chi connectivity index (χ1) is 15.3. The first-order valence-electron chi connectivity index (χ1n) is 9.42. The summed E-state index contributed by atoms with van der Waals surface area (Å²) in [6.07, 6.45) is 0. The van der Waals surface area contributed by atoms with Crippen LogP contribution in [0.25, 0.3) is 5.57 Å². The van der Waals surface area contributed by atoms with E-state index < -0.39 is 39.9 Å². The minimum atomic E-state index is -1.39. The van der Waals surface area contributed by atoms with Crippen molar-refractivity contribution < 1.29 is 29.8 Å². The molecule has 3 aromatic carbocycles. The van der Waals surface area contributed by atoms with Gasteiger partial charge in [-0.2, -0.15) is 0 Å². The van der Waals surface area contributed by atoms with Crippen molar-refractivity contribution in [2.24, 2.45) is 0 Å². The largest absolute Gasteiger partial charge is 0.507 e. The van der Waals surface area contributed by atoms with E-state index in [1.165, 1.54) is 35.2 Å². The Morgan fingerprint density at radius 3 is 2.22 bits per heavy atom. The van der Waals surface area contributed by atoms with Crippen molar-refractivity contribution in [2.45, 2.75) is 6.04 Å². The lowest BCUT2D eigenvalue weighted by Crippen LogP contribution is -2.30. The highest BCUT2D eigenvalue weighted by molar-refractivity contribution is 6.16. The van der Waals surface area contributed by atoms with Gasteiger partial charge in [0.15, 0.2) is 5.76 Å². The van der Waals surface area contributed by atoms with Crippen molar-refractivity contribution in [1.82, 2.24) is 0 Å². The monoisotopic (exact) mass is 432 g/mol. The third-order valence-corrected chi connectivity index (χ3v) is 5.20. The number of aromatic carboxylic acids is 1. The SMILES string of the molecule is O=C(O)c1cc(N2C(=O)C(O)=C(c3ccccc3)C2c2ccc([N+](=O)[O-])cc2)ccc1O. The number of carbonyl (C=O) groups is 2. The molecule has 32 heavy (non-hydrogen) atoms. The van der Waals surface area contributed by atoms with Crippen LogP contribution in [0.15, 0.2) is 78.6 Å². The number of aliphatic hydroxyl groups excluding tert-OH is 1. The number of hydrogen-bond acceptors (Lipinski definition) is 6. The molecule has 4 rings (SSSR count). The number of aromatic hydroxyl groups is 1. The molecule has 0 fully saturated rings. The molecule has 0 aliphatic carbocycles. The molecule has 0 aromatic heterocycles.